The second-order valence-electron chi connectivity index (χ2n) is 4.38. The molecular formula is C14H17N2O5+. The quantitative estimate of drug-likeness (QED) is 0.662. The number of hydrogen-bond acceptors (Lipinski definition) is 5. The minimum Gasteiger partial charge on any atom is -0.494 e. The number of benzene rings is 1. The summed E-state index contributed by atoms with van der Waals surface area (Å²) in [5.74, 6) is 0.253. The van der Waals surface area contributed by atoms with Crippen LogP contribution in [0.1, 0.15) is 32.6 Å². The third-order valence-electron chi connectivity index (χ3n) is 2.81. The molecule has 0 aliphatic carbocycles. The fraction of sp³-hybridized carbons (Fsp3) is 0.357. The van der Waals surface area contributed by atoms with E-state index in [2.05, 4.69) is 5.27 Å². The Kier molecular flexibility index (Phi) is 4.42. The van der Waals surface area contributed by atoms with Crippen molar-refractivity contribution in [3.8, 4) is 11.4 Å². The van der Waals surface area contributed by atoms with Crippen molar-refractivity contribution in [3.63, 3.8) is 0 Å². The third kappa shape index (κ3) is 3.31. The molecule has 0 fully saturated rings. The van der Waals surface area contributed by atoms with Gasteiger partial charge in [-0.1, -0.05) is 0 Å². The number of esters is 1. The Hall–Kier alpha value is -2.57. The van der Waals surface area contributed by atoms with E-state index in [9.17, 15) is 9.59 Å². The van der Waals surface area contributed by atoms with Crippen LogP contribution in [-0.4, -0.2) is 17.8 Å². The molecule has 0 saturated carbocycles. The number of carbonyl (C=O) groups excluding carboxylic acids is 1. The highest BCUT2D eigenvalue weighted by Gasteiger charge is 2.31. The van der Waals surface area contributed by atoms with E-state index in [4.69, 9.17) is 14.0 Å². The summed E-state index contributed by atoms with van der Waals surface area (Å²) in [5, 5.41) is 2.49. The predicted octanol–water partition coefficient (Wildman–Crippen LogP) is 1.27. The van der Waals surface area contributed by atoms with E-state index in [1.165, 1.54) is 11.6 Å². The van der Waals surface area contributed by atoms with Crippen LogP contribution in [0.2, 0.25) is 0 Å². The van der Waals surface area contributed by atoms with Crippen LogP contribution in [0, 0.1) is 0 Å². The molecule has 7 nitrogen and oxygen atoms in total. The number of nitrogens with one attached hydrogen (secondary N) is 1. The lowest BCUT2D eigenvalue weighted by atomic mass is 10.2. The summed E-state index contributed by atoms with van der Waals surface area (Å²) >= 11 is 0. The van der Waals surface area contributed by atoms with Crippen LogP contribution in [0.5, 0.6) is 5.75 Å². The molecule has 0 aliphatic rings. The van der Waals surface area contributed by atoms with Gasteiger partial charge in [-0.3, -0.25) is 9.32 Å². The number of aromatic nitrogens is 2. The molecule has 0 aliphatic heterocycles. The van der Waals surface area contributed by atoms with Crippen molar-refractivity contribution in [1.82, 2.24) is 5.27 Å². The van der Waals surface area contributed by atoms with E-state index in [0.717, 1.165) is 5.75 Å². The molecule has 0 amide bonds. The first-order chi connectivity index (χ1) is 10.0. The van der Waals surface area contributed by atoms with Gasteiger partial charge in [0, 0.05) is 19.1 Å². The lowest BCUT2D eigenvalue weighted by Crippen LogP contribution is -2.40. The lowest BCUT2D eigenvalue weighted by molar-refractivity contribution is -0.680. The van der Waals surface area contributed by atoms with Gasteiger partial charge in [-0.2, -0.15) is 0 Å². The Morgan fingerprint density at radius 3 is 2.62 bits per heavy atom. The second kappa shape index (κ2) is 6.25. The van der Waals surface area contributed by atoms with Crippen molar-refractivity contribution < 1.29 is 23.5 Å². The van der Waals surface area contributed by atoms with Crippen LogP contribution in [0.25, 0.3) is 5.69 Å². The van der Waals surface area contributed by atoms with E-state index in [1.54, 1.807) is 31.2 Å². The Bertz CT molecular complexity index is 671. The highest BCUT2D eigenvalue weighted by molar-refractivity contribution is 5.66. The van der Waals surface area contributed by atoms with Crippen LogP contribution < -0.4 is 15.0 Å². The summed E-state index contributed by atoms with van der Waals surface area (Å²) in [5.41, 5.74) is 0.283. The molecule has 2 aromatic rings. The van der Waals surface area contributed by atoms with Crippen molar-refractivity contribution >= 4 is 5.97 Å². The molecule has 7 heteroatoms. The number of rotatable bonds is 5. The first-order valence-corrected chi connectivity index (χ1v) is 6.56. The van der Waals surface area contributed by atoms with Gasteiger partial charge in [0.05, 0.1) is 6.61 Å². The Labute approximate surface area is 121 Å². The summed E-state index contributed by atoms with van der Waals surface area (Å²) in [7, 11) is 0. The Morgan fingerprint density at radius 1 is 1.38 bits per heavy atom. The molecule has 1 aromatic heterocycles. The third-order valence-corrected chi connectivity index (χ3v) is 2.81. The number of H-pyrrole nitrogens is 1. The molecule has 1 aromatic carbocycles. The smallest absolute Gasteiger partial charge is 0.434 e. The minimum absolute atomic E-state index is 0.203. The number of ether oxygens (including phenoxy) is 2. The monoisotopic (exact) mass is 293 g/mol. The van der Waals surface area contributed by atoms with Gasteiger partial charge in [0.2, 0.25) is 5.69 Å². The molecule has 21 heavy (non-hydrogen) atoms. The van der Waals surface area contributed by atoms with Gasteiger partial charge in [0.15, 0.2) is 6.10 Å². The molecule has 0 spiro atoms. The molecular weight excluding hydrogens is 276 g/mol. The van der Waals surface area contributed by atoms with Gasteiger partial charge in [-0.25, -0.2) is 4.79 Å². The van der Waals surface area contributed by atoms with Crippen LogP contribution >= 0.6 is 0 Å². The van der Waals surface area contributed by atoms with Crippen LogP contribution in [-0.2, 0) is 9.53 Å². The van der Waals surface area contributed by atoms with Crippen molar-refractivity contribution in [1.29, 1.82) is 0 Å². The molecule has 0 bridgehead atoms. The number of hydrogen-bond donors (Lipinski definition) is 1. The average molecular weight is 293 g/mol. The topological polar surface area (TPSA) is 85.4 Å². The lowest BCUT2D eigenvalue weighted by Gasteiger charge is -2.05. The maximum Gasteiger partial charge on any atom is 0.434 e. The first-order valence-electron chi connectivity index (χ1n) is 6.56. The molecule has 1 unspecified atom stereocenters. The first kappa shape index (κ1) is 14.8. The number of aromatic amines is 1. The molecule has 2 rings (SSSR count). The maximum atomic E-state index is 11.8. The highest BCUT2D eigenvalue weighted by atomic mass is 16.6. The second-order valence-corrected chi connectivity index (χ2v) is 4.38. The van der Waals surface area contributed by atoms with Gasteiger partial charge in [-0.05, 0) is 35.9 Å². The molecule has 1 N–H and O–H groups in total. The van der Waals surface area contributed by atoms with Crippen molar-refractivity contribution in [2.45, 2.75) is 26.9 Å². The zero-order valence-corrected chi connectivity index (χ0v) is 12.1. The largest absolute Gasteiger partial charge is 0.494 e. The molecule has 1 atom stereocenters. The normalized spacial score (nSPS) is 12.0. The average Bonchev–Trinajstić information content (AvgIpc) is 2.81. The van der Waals surface area contributed by atoms with Crippen LogP contribution in [0.3, 0.4) is 0 Å². The Balaban J connectivity index is 2.36. The number of nitrogens with zero attached hydrogens (tertiary/aromatic N) is 1. The SMILES string of the molecule is CCOc1ccc(-[n+]2[nH]oc(=O)c2C(C)OC(C)=O)cc1. The standard InChI is InChI=1S/C14H16N2O5/c1-4-19-12-7-5-11(6-8-12)16-13(14(18)21-15-16)9(2)20-10(3)17/h5-9H,4H2,1-3H3/p+1. The Morgan fingerprint density at radius 2 is 2.05 bits per heavy atom. The fourth-order valence-corrected chi connectivity index (χ4v) is 1.98. The molecule has 112 valence electrons. The summed E-state index contributed by atoms with van der Waals surface area (Å²) in [6, 6.07) is 7.08. The van der Waals surface area contributed by atoms with Crippen LogP contribution in [0.15, 0.2) is 33.6 Å². The summed E-state index contributed by atoms with van der Waals surface area (Å²) in [6.07, 6.45) is -0.725. The van der Waals surface area contributed by atoms with E-state index < -0.39 is 17.7 Å². The molecule has 0 saturated heterocycles. The van der Waals surface area contributed by atoms with Crippen LogP contribution in [0.4, 0.5) is 0 Å². The van der Waals surface area contributed by atoms with E-state index >= 15 is 0 Å². The highest BCUT2D eigenvalue weighted by Crippen LogP contribution is 2.14. The fourth-order valence-electron chi connectivity index (χ4n) is 1.98. The van der Waals surface area contributed by atoms with Gasteiger partial charge in [0.25, 0.3) is 0 Å². The van der Waals surface area contributed by atoms with E-state index in [-0.39, 0.29) is 5.69 Å². The van der Waals surface area contributed by atoms with Gasteiger partial charge in [0.1, 0.15) is 5.75 Å². The van der Waals surface area contributed by atoms with Crippen molar-refractivity contribution in [3.05, 3.63) is 40.4 Å². The van der Waals surface area contributed by atoms with Crippen molar-refractivity contribution in [2.24, 2.45) is 0 Å². The van der Waals surface area contributed by atoms with Gasteiger partial charge < -0.3 is 9.47 Å². The zero-order chi connectivity index (χ0) is 15.4. The maximum absolute atomic E-state index is 11.8. The minimum atomic E-state index is -0.725. The van der Waals surface area contributed by atoms with E-state index in [1.807, 2.05) is 6.92 Å². The summed E-state index contributed by atoms with van der Waals surface area (Å²) in [6.45, 7) is 5.36. The number of carbonyl (C=O) groups is 1. The zero-order valence-electron chi connectivity index (χ0n) is 12.1. The molecule has 1 heterocycles. The predicted molar refractivity (Wildman–Crippen MR) is 72.2 cm³/mol. The van der Waals surface area contributed by atoms with Gasteiger partial charge >= 0.3 is 17.3 Å². The van der Waals surface area contributed by atoms with E-state index in [0.29, 0.717) is 12.3 Å². The summed E-state index contributed by atoms with van der Waals surface area (Å²) in [4.78, 5) is 22.8. The summed E-state index contributed by atoms with van der Waals surface area (Å²) < 4.78 is 16.6. The van der Waals surface area contributed by atoms with Crippen molar-refractivity contribution in [2.75, 3.05) is 6.61 Å². The molecule has 0 radical (unpaired) electrons. The van der Waals surface area contributed by atoms with Gasteiger partial charge in [-0.15, -0.1) is 0 Å².